The van der Waals surface area contributed by atoms with Gasteiger partial charge in [-0.3, -0.25) is 0 Å². The minimum absolute atomic E-state index is 0.0407. The zero-order valence-corrected chi connectivity index (χ0v) is 12.0. The molecule has 1 rings (SSSR count). The van der Waals surface area contributed by atoms with Crippen LogP contribution in [0.2, 0.25) is 0 Å². The zero-order chi connectivity index (χ0) is 15.3. The third-order valence-corrected chi connectivity index (χ3v) is 2.30. The highest BCUT2D eigenvalue weighted by Gasteiger charge is 1.89. The van der Waals surface area contributed by atoms with Crippen molar-refractivity contribution in [3.8, 4) is 0 Å². The first-order valence-corrected chi connectivity index (χ1v) is 6.49. The van der Waals surface area contributed by atoms with Gasteiger partial charge in [0.15, 0.2) is 11.8 Å². The lowest BCUT2D eigenvalue weighted by atomic mass is 10.4. The standard InChI is InChI=1S/C15H19N5O/c1-3-4-5-8-14(2)18-16-13-17-19-15-9-6-7-10-20(15)11-12-21/h3-10,13,21H,2,11-12H2,1H3/b4-3-,8-5-,17-13+,18-16+,19-15+. The molecule has 6 heteroatoms. The van der Waals surface area contributed by atoms with Crippen LogP contribution in [0.15, 0.2) is 81.4 Å². The average molecular weight is 285 g/mol. The molecule has 1 aromatic rings. The van der Waals surface area contributed by atoms with E-state index >= 15 is 0 Å². The van der Waals surface area contributed by atoms with Crippen molar-refractivity contribution in [1.82, 2.24) is 4.57 Å². The summed E-state index contributed by atoms with van der Waals surface area (Å²) in [5.41, 5.74) is 1.15. The summed E-state index contributed by atoms with van der Waals surface area (Å²) in [7, 11) is 0. The van der Waals surface area contributed by atoms with Gasteiger partial charge in [0.1, 0.15) is 0 Å². The molecule has 0 aromatic carbocycles. The third kappa shape index (κ3) is 6.93. The molecule has 0 aliphatic rings. The normalized spacial score (nSPS) is 13.3. The maximum absolute atomic E-state index is 8.95. The van der Waals surface area contributed by atoms with Crippen molar-refractivity contribution in [3.05, 3.63) is 66.5 Å². The molecule has 0 amide bonds. The van der Waals surface area contributed by atoms with Gasteiger partial charge in [-0.1, -0.05) is 30.9 Å². The van der Waals surface area contributed by atoms with Crippen molar-refractivity contribution in [2.45, 2.75) is 13.5 Å². The number of hydrogen-bond acceptors (Lipinski definition) is 4. The van der Waals surface area contributed by atoms with Crippen LogP contribution in [0, 0.1) is 0 Å². The molecule has 0 radical (unpaired) electrons. The molecular weight excluding hydrogens is 266 g/mol. The summed E-state index contributed by atoms with van der Waals surface area (Å²) < 4.78 is 1.78. The molecule has 6 nitrogen and oxygen atoms in total. The average Bonchev–Trinajstić information content (AvgIpc) is 2.49. The summed E-state index contributed by atoms with van der Waals surface area (Å²) in [4.78, 5) is 0. The second kappa shape index (κ2) is 10.2. The summed E-state index contributed by atoms with van der Waals surface area (Å²) >= 11 is 0. The van der Waals surface area contributed by atoms with Gasteiger partial charge >= 0.3 is 0 Å². The van der Waals surface area contributed by atoms with Gasteiger partial charge in [-0.2, -0.15) is 5.11 Å². The number of aliphatic hydroxyl groups excluding tert-OH is 1. The molecule has 0 fully saturated rings. The van der Waals surface area contributed by atoms with Crippen molar-refractivity contribution in [2.75, 3.05) is 6.61 Å². The molecule has 0 spiro atoms. The number of azo groups is 1. The number of nitrogens with zero attached hydrogens (tertiary/aromatic N) is 5. The molecule has 0 aliphatic heterocycles. The fraction of sp³-hybridized carbons (Fsp3) is 0.200. The summed E-state index contributed by atoms with van der Waals surface area (Å²) in [6.07, 6.45) is 10.4. The Hall–Kier alpha value is -2.60. The molecule has 1 aromatic heterocycles. The Morgan fingerprint density at radius 3 is 3.00 bits per heavy atom. The fourth-order valence-corrected chi connectivity index (χ4v) is 1.37. The predicted octanol–water partition coefficient (Wildman–Crippen LogP) is 2.42. The quantitative estimate of drug-likeness (QED) is 0.270. The van der Waals surface area contributed by atoms with Gasteiger partial charge in [0, 0.05) is 12.7 Å². The van der Waals surface area contributed by atoms with Crippen LogP contribution in [-0.2, 0) is 6.54 Å². The van der Waals surface area contributed by atoms with E-state index in [1.807, 2.05) is 43.5 Å². The second-order valence-corrected chi connectivity index (χ2v) is 3.90. The molecule has 0 saturated heterocycles. The van der Waals surface area contributed by atoms with Crippen molar-refractivity contribution in [3.63, 3.8) is 0 Å². The molecule has 0 bridgehead atoms. The Labute approximate surface area is 123 Å². The largest absolute Gasteiger partial charge is 0.395 e. The van der Waals surface area contributed by atoms with Crippen molar-refractivity contribution >= 4 is 6.34 Å². The molecule has 21 heavy (non-hydrogen) atoms. The van der Waals surface area contributed by atoms with E-state index in [4.69, 9.17) is 5.11 Å². The molecule has 1 N–H and O–H groups in total. The van der Waals surface area contributed by atoms with Crippen LogP contribution in [0.3, 0.4) is 0 Å². The van der Waals surface area contributed by atoms with E-state index in [1.165, 1.54) is 6.34 Å². The lowest BCUT2D eigenvalue weighted by Gasteiger charge is -2.02. The highest BCUT2D eigenvalue weighted by molar-refractivity contribution is 5.54. The maximum atomic E-state index is 8.95. The van der Waals surface area contributed by atoms with Gasteiger partial charge in [0.2, 0.25) is 0 Å². The summed E-state index contributed by atoms with van der Waals surface area (Å²) in [5.74, 6) is 0. The molecular formula is C15H19N5O. The van der Waals surface area contributed by atoms with E-state index in [0.29, 0.717) is 17.7 Å². The zero-order valence-electron chi connectivity index (χ0n) is 12.0. The van der Waals surface area contributed by atoms with Crippen molar-refractivity contribution in [1.29, 1.82) is 0 Å². The van der Waals surface area contributed by atoms with E-state index in [0.717, 1.165) is 0 Å². The molecule has 0 aliphatic carbocycles. The summed E-state index contributed by atoms with van der Waals surface area (Å²) in [5, 5.41) is 24.4. The maximum Gasteiger partial charge on any atom is 0.160 e. The first kappa shape index (κ1) is 16.5. The van der Waals surface area contributed by atoms with Crippen LogP contribution in [0.1, 0.15) is 6.92 Å². The van der Waals surface area contributed by atoms with Crippen LogP contribution in [0.5, 0.6) is 0 Å². The molecule has 0 atom stereocenters. The SMILES string of the molecule is C=C(/C=C\C=C/C)/N=N/C=N/N=c1\ccccn1CCO. The van der Waals surface area contributed by atoms with E-state index in [-0.39, 0.29) is 6.61 Å². The first-order chi connectivity index (χ1) is 10.3. The van der Waals surface area contributed by atoms with Gasteiger partial charge in [0.05, 0.1) is 12.3 Å². The van der Waals surface area contributed by atoms with Crippen LogP contribution in [0.25, 0.3) is 0 Å². The fourth-order valence-electron chi connectivity index (χ4n) is 1.37. The minimum Gasteiger partial charge on any atom is -0.395 e. The molecule has 1 heterocycles. The number of aliphatic hydroxyl groups is 1. The van der Waals surface area contributed by atoms with Crippen molar-refractivity contribution < 1.29 is 5.11 Å². The second-order valence-electron chi connectivity index (χ2n) is 3.90. The van der Waals surface area contributed by atoms with Crippen LogP contribution < -0.4 is 5.49 Å². The van der Waals surface area contributed by atoms with Crippen LogP contribution >= 0.6 is 0 Å². The summed E-state index contributed by atoms with van der Waals surface area (Å²) in [6, 6.07) is 5.50. The van der Waals surface area contributed by atoms with E-state index in [1.54, 1.807) is 16.7 Å². The van der Waals surface area contributed by atoms with E-state index < -0.39 is 0 Å². The number of allylic oxidation sites excluding steroid dienone is 4. The number of rotatable bonds is 7. The Morgan fingerprint density at radius 1 is 1.38 bits per heavy atom. The van der Waals surface area contributed by atoms with Gasteiger partial charge < -0.3 is 9.67 Å². The third-order valence-electron chi connectivity index (χ3n) is 2.30. The highest BCUT2D eigenvalue weighted by Crippen LogP contribution is 1.95. The van der Waals surface area contributed by atoms with Crippen LogP contribution in [0.4, 0.5) is 0 Å². The van der Waals surface area contributed by atoms with Crippen molar-refractivity contribution in [2.24, 2.45) is 20.4 Å². The number of pyridine rings is 1. The van der Waals surface area contributed by atoms with Gasteiger partial charge in [-0.15, -0.1) is 15.3 Å². The molecule has 0 saturated carbocycles. The summed E-state index contributed by atoms with van der Waals surface area (Å²) in [6.45, 7) is 6.14. The van der Waals surface area contributed by atoms with E-state index in [9.17, 15) is 0 Å². The number of hydrogen-bond donors (Lipinski definition) is 1. The monoisotopic (exact) mass is 285 g/mol. The lowest BCUT2D eigenvalue weighted by molar-refractivity contribution is 0.273. The van der Waals surface area contributed by atoms with Crippen LogP contribution in [-0.4, -0.2) is 22.6 Å². The minimum atomic E-state index is 0.0407. The Morgan fingerprint density at radius 2 is 2.24 bits per heavy atom. The topological polar surface area (TPSA) is 74.6 Å². The van der Waals surface area contributed by atoms with Gasteiger partial charge in [0.25, 0.3) is 0 Å². The van der Waals surface area contributed by atoms with Gasteiger partial charge in [-0.25, -0.2) is 0 Å². The lowest BCUT2D eigenvalue weighted by Crippen LogP contribution is -2.20. The molecule has 0 unspecified atom stereocenters. The first-order valence-electron chi connectivity index (χ1n) is 6.49. The Bertz CT molecular complexity index is 623. The highest BCUT2D eigenvalue weighted by atomic mass is 16.3. The molecule has 110 valence electrons. The predicted molar refractivity (Wildman–Crippen MR) is 83.5 cm³/mol. The Kier molecular flexibility index (Phi) is 8.01. The van der Waals surface area contributed by atoms with Gasteiger partial charge in [-0.05, 0) is 25.1 Å². The number of aromatic nitrogens is 1. The smallest absolute Gasteiger partial charge is 0.160 e. The Balaban J connectivity index is 2.66. The van der Waals surface area contributed by atoms with E-state index in [2.05, 4.69) is 27.0 Å².